The predicted molar refractivity (Wildman–Crippen MR) is 127 cm³/mol. The molecule has 3 aliphatic rings. The molecule has 5 rings (SSSR count). The second kappa shape index (κ2) is 8.10. The molecule has 1 aromatic heterocycles. The van der Waals surface area contributed by atoms with Crippen molar-refractivity contribution in [1.82, 2.24) is 13.9 Å². The summed E-state index contributed by atoms with van der Waals surface area (Å²) in [5, 5.41) is 8.98. The summed E-state index contributed by atoms with van der Waals surface area (Å²) in [7, 11) is 1.43. The van der Waals surface area contributed by atoms with Crippen molar-refractivity contribution in [3.63, 3.8) is 0 Å². The van der Waals surface area contributed by atoms with E-state index < -0.39 is 23.3 Å². The number of ether oxygens (including phenoxy) is 1. The Balaban J connectivity index is 1.69. The first-order valence-electron chi connectivity index (χ1n) is 10.4. The van der Waals surface area contributed by atoms with Crippen molar-refractivity contribution in [3.8, 4) is 5.75 Å². The Labute approximate surface area is 201 Å². The third kappa shape index (κ3) is 3.31. The van der Waals surface area contributed by atoms with Gasteiger partial charge in [-0.3, -0.25) is 9.59 Å². The van der Waals surface area contributed by atoms with E-state index in [0.717, 1.165) is 15.7 Å². The molecule has 2 aromatic rings. The van der Waals surface area contributed by atoms with Gasteiger partial charge >= 0.3 is 11.4 Å². The lowest BCUT2D eigenvalue weighted by Crippen LogP contribution is -2.40. The van der Waals surface area contributed by atoms with Gasteiger partial charge in [0.25, 0.3) is 0 Å². The van der Waals surface area contributed by atoms with Crippen LogP contribution in [-0.4, -0.2) is 43.8 Å². The van der Waals surface area contributed by atoms with Gasteiger partial charge in [0.2, 0.25) is 0 Å². The average Bonchev–Trinajstić information content (AvgIpc) is 3.04. The standard InChI is InChI=1S/C23H20IN3O6/c1-25-22(31)26-7-6-14-17(27(26)23(25)32)10-15-18(29)11-16(24)21(30)20(15)19(14)12-2-4-13(5-3-12)33-9-8-28/h2-6,11,17,19,28H,7-10H2,1H3/t17-,19+/m1/s1. The Bertz CT molecular complexity index is 1400. The second-order valence-electron chi connectivity index (χ2n) is 8.13. The van der Waals surface area contributed by atoms with Crippen LogP contribution in [0.1, 0.15) is 23.9 Å². The summed E-state index contributed by atoms with van der Waals surface area (Å²) in [5.74, 6) is -0.403. The summed E-state index contributed by atoms with van der Waals surface area (Å²) in [4.78, 5) is 51.6. The highest BCUT2D eigenvalue weighted by Crippen LogP contribution is 2.50. The number of nitrogens with zero attached hydrogens (tertiary/aromatic N) is 3. The van der Waals surface area contributed by atoms with Gasteiger partial charge in [0, 0.05) is 36.6 Å². The number of Topliss-reactive ketones (excluding diaryl/α,β-unsaturated/α-hetero) is 1. The highest BCUT2D eigenvalue weighted by atomic mass is 127. The van der Waals surface area contributed by atoms with Gasteiger partial charge in [-0.1, -0.05) is 18.2 Å². The Hall–Kier alpha value is -2.99. The zero-order valence-corrected chi connectivity index (χ0v) is 19.8. The van der Waals surface area contributed by atoms with Crippen LogP contribution in [0, 0.1) is 0 Å². The van der Waals surface area contributed by atoms with Crippen LogP contribution in [0.2, 0.25) is 0 Å². The maximum atomic E-state index is 13.2. The summed E-state index contributed by atoms with van der Waals surface area (Å²) in [6.07, 6.45) is 3.39. The quantitative estimate of drug-likeness (QED) is 0.341. The molecule has 0 fully saturated rings. The summed E-state index contributed by atoms with van der Waals surface area (Å²) in [6.45, 7) is 0.256. The van der Waals surface area contributed by atoms with Gasteiger partial charge in [-0.2, -0.15) is 0 Å². The molecule has 0 bridgehead atoms. The summed E-state index contributed by atoms with van der Waals surface area (Å²) < 4.78 is 9.65. The van der Waals surface area contributed by atoms with Crippen LogP contribution in [-0.2, 0) is 23.2 Å². The SMILES string of the molecule is Cn1c(=O)n2n(c1=O)[C@@H]1CC3=C(C(=O)C(I)=CC3=O)[C@@H](c3ccc(OCCO)cc3)C1=CC2. The molecule has 1 aliphatic heterocycles. The van der Waals surface area contributed by atoms with Crippen LogP contribution < -0.4 is 16.1 Å². The minimum atomic E-state index is -0.546. The van der Waals surface area contributed by atoms with Crippen molar-refractivity contribution in [2.24, 2.45) is 7.05 Å². The predicted octanol–water partition coefficient (Wildman–Crippen LogP) is 1.16. The van der Waals surface area contributed by atoms with E-state index in [4.69, 9.17) is 9.84 Å². The number of benzene rings is 1. The molecule has 0 saturated carbocycles. The van der Waals surface area contributed by atoms with Crippen molar-refractivity contribution in [2.45, 2.75) is 24.9 Å². The second-order valence-corrected chi connectivity index (χ2v) is 9.29. The molecule has 1 aromatic carbocycles. The van der Waals surface area contributed by atoms with E-state index in [1.807, 2.05) is 40.8 Å². The number of halogens is 1. The first-order chi connectivity index (χ1) is 15.8. The highest BCUT2D eigenvalue weighted by Gasteiger charge is 2.44. The van der Waals surface area contributed by atoms with E-state index in [2.05, 4.69) is 0 Å². The van der Waals surface area contributed by atoms with Gasteiger partial charge < -0.3 is 9.84 Å². The number of carbonyl (C=O) groups is 2. The maximum Gasteiger partial charge on any atom is 0.347 e. The Morgan fingerprint density at radius 1 is 1.12 bits per heavy atom. The Morgan fingerprint density at radius 3 is 2.55 bits per heavy atom. The van der Waals surface area contributed by atoms with Crippen LogP contribution in [0.4, 0.5) is 0 Å². The molecule has 0 amide bonds. The highest BCUT2D eigenvalue weighted by molar-refractivity contribution is 14.1. The molecule has 0 spiro atoms. The normalized spacial score (nSPS) is 21.8. The van der Waals surface area contributed by atoms with Crippen molar-refractivity contribution >= 4 is 34.2 Å². The smallest absolute Gasteiger partial charge is 0.347 e. The number of hydrogen-bond donors (Lipinski definition) is 1. The fourth-order valence-corrected chi connectivity index (χ4v) is 5.45. The molecular formula is C23H20IN3O6. The van der Waals surface area contributed by atoms with E-state index in [9.17, 15) is 19.2 Å². The van der Waals surface area contributed by atoms with Crippen molar-refractivity contribution in [2.75, 3.05) is 13.2 Å². The number of fused-ring (bicyclic) bond motifs is 3. The molecule has 2 heterocycles. The molecule has 2 atom stereocenters. The van der Waals surface area contributed by atoms with E-state index in [-0.39, 0.29) is 37.7 Å². The van der Waals surface area contributed by atoms with Gasteiger partial charge in [-0.15, -0.1) is 0 Å². The maximum absolute atomic E-state index is 13.2. The molecule has 10 heteroatoms. The monoisotopic (exact) mass is 561 g/mol. The first kappa shape index (κ1) is 21.8. The largest absolute Gasteiger partial charge is 0.491 e. The summed E-state index contributed by atoms with van der Waals surface area (Å²) in [6, 6.07) is 6.60. The first-order valence-corrected chi connectivity index (χ1v) is 11.5. The lowest BCUT2D eigenvalue weighted by molar-refractivity contribution is -0.115. The topological polar surface area (TPSA) is 113 Å². The zero-order chi connectivity index (χ0) is 23.4. The Kier molecular flexibility index (Phi) is 5.36. The van der Waals surface area contributed by atoms with Gasteiger partial charge in [0.15, 0.2) is 11.6 Å². The number of hydrogen-bond acceptors (Lipinski definition) is 6. The Morgan fingerprint density at radius 2 is 1.85 bits per heavy atom. The lowest BCUT2D eigenvalue weighted by Gasteiger charge is -2.39. The molecule has 0 radical (unpaired) electrons. The number of aromatic nitrogens is 3. The molecule has 9 nitrogen and oxygen atoms in total. The number of allylic oxidation sites excluding steroid dienone is 6. The van der Waals surface area contributed by atoms with E-state index >= 15 is 0 Å². The molecule has 0 unspecified atom stereocenters. The van der Waals surface area contributed by atoms with Gasteiger partial charge in [0.05, 0.1) is 22.8 Å². The minimum Gasteiger partial charge on any atom is -0.491 e. The van der Waals surface area contributed by atoms with Crippen LogP contribution in [0.25, 0.3) is 0 Å². The summed E-state index contributed by atoms with van der Waals surface area (Å²) in [5.41, 5.74) is 1.53. The van der Waals surface area contributed by atoms with Crippen LogP contribution >= 0.6 is 22.6 Å². The number of aliphatic hydroxyl groups is 1. The van der Waals surface area contributed by atoms with Crippen molar-refractivity contribution < 1.29 is 19.4 Å². The van der Waals surface area contributed by atoms with Gasteiger partial charge in [-0.05, 0) is 45.9 Å². The number of aliphatic hydroxyl groups excluding tert-OH is 1. The van der Waals surface area contributed by atoms with E-state index in [0.29, 0.717) is 20.5 Å². The molecule has 170 valence electrons. The van der Waals surface area contributed by atoms with Gasteiger partial charge in [-0.25, -0.2) is 23.5 Å². The third-order valence-corrected chi connectivity index (χ3v) is 7.17. The molecule has 0 saturated heterocycles. The van der Waals surface area contributed by atoms with Crippen molar-refractivity contribution in [3.05, 3.63) is 83.2 Å². The number of ketones is 2. The number of rotatable bonds is 4. The fourth-order valence-electron chi connectivity index (χ4n) is 4.88. The number of carbonyl (C=O) groups excluding carboxylic acids is 2. The summed E-state index contributed by atoms with van der Waals surface area (Å²) >= 11 is 1.89. The van der Waals surface area contributed by atoms with E-state index in [1.165, 1.54) is 22.5 Å². The minimum absolute atomic E-state index is 0.107. The fraction of sp³-hybridized carbons (Fsp3) is 0.304. The van der Waals surface area contributed by atoms with Crippen LogP contribution in [0.15, 0.2) is 66.3 Å². The molecule has 33 heavy (non-hydrogen) atoms. The van der Waals surface area contributed by atoms with Crippen molar-refractivity contribution in [1.29, 1.82) is 0 Å². The zero-order valence-electron chi connectivity index (χ0n) is 17.7. The molecule has 1 N–H and O–H groups in total. The van der Waals surface area contributed by atoms with E-state index in [1.54, 1.807) is 12.1 Å². The lowest BCUT2D eigenvalue weighted by atomic mass is 9.69. The average molecular weight is 561 g/mol. The van der Waals surface area contributed by atoms with Crippen LogP contribution in [0.5, 0.6) is 5.75 Å². The van der Waals surface area contributed by atoms with Crippen LogP contribution in [0.3, 0.4) is 0 Å². The third-order valence-electron chi connectivity index (χ3n) is 6.37. The van der Waals surface area contributed by atoms with Gasteiger partial charge in [0.1, 0.15) is 12.4 Å². The molecular weight excluding hydrogens is 541 g/mol. The molecule has 2 aliphatic carbocycles.